The topological polar surface area (TPSA) is 74.2 Å². The summed E-state index contributed by atoms with van der Waals surface area (Å²) < 4.78 is 0. The second kappa shape index (κ2) is 7.40. The fraction of sp³-hybridized carbons (Fsp3) is 0.238. The van der Waals surface area contributed by atoms with E-state index in [1.165, 1.54) is 22.5 Å². The van der Waals surface area contributed by atoms with Crippen LogP contribution in [0.4, 0.5) is 9.93 Å². The van der Waals surface area contributed by atoms with Crippen molar-refractivity contribution in [2.75, 3.05) is 5.32 Å². The molecule has 0 spiro atoms. The van der Waals surface area contributed by atoms with E-state index in [1.807, 2.05) is 18.3 Å². The average molecular weight is 379 g/mol. The van der Waals surface area contributed by atoms with Gasteiger partial charge in [0.15, 0.2) is 5.13 Å². The van der Waals surface area contributed by atoms with Gasteiger partial charge in [-0.25, -0.2) is 9.78 Å². The highest BCUT2D eigenvalue weighted by Crippen LogP contribution is 2.36. The Bertz CT molecular complexity index is 966. The Morgan fingerprint density at radius 3 is 2.89 bits per heavy atom. The molecule has 4 rings (SSSR count). The van der Waals surface area contributed by atoms with Crippen molar-refractivity contribution in [3.05, 3.63) is 75.8 Å². The number of anilines is 1. The highest BCUT2D eigenvalue weighted by molar-refractivity contribution is 7.15. The average Bonchev–Trinajstić information content (AvgIpc) is 3.25. The lowest BCUT2D eigenvalue weighted by atomic mass is 10.1. The summed E-state index contributed by atoms with van der Waals surface area (Å²) >= 11 is 1.48. The van der Waals surface area contributed by atoms with Crippen molar-refractivity contribution in [3.8, 4) is 5.75 Å². The zero-order valence-electron chi connectivity index (χ0n) is 15.0. The second-order valence-electron chi connectivity index (χ2n) is 6.83. The number of rotatable bonds is 4. The number of fused-ring (bicyclic) bond motifs is 1. The summed E-state index contributed by atoms with van der Waals surface area (Å²) in [5.41, 5.74) is 4.38. The van der Waals surface area contributed by atoms with Gasteiger partial charge in [0.1, 0.15) is 5.75 Å². The number of nitrogens with zero attached hydrogens (tertiary/aromatic N) is 1. The molecule has 1 heterocycles. The zero-order chi connectivity index (χ0) is 18.8. The summed E-state index contributed by atoms with van der Waals surface area (Å²) in [5.74, 6) is 0.304. The van der Waals surface area contributed by atoms with Crippen molar-refractivity contribution in [1.82, 2.24) is 10.3 Å². The van der Waals surface area contributed by atoms with E-state index in [2.05, 4.69) is 46.8 Å². The van der Waals surface area contributed by atoms with Gasteiger partial charge in [0.05, 0.1) is 6.04 Å². The Balaban J connectivity index is 1.36. The molecular weight excluding hydrogens is 358 g/mol. The van der Waals surface area contributed by atoms with Crippen molar-refractivity contribution in [2.45, 2.75) is 32.2 Å². The molecule has 0 saturated heterocycles. The first-order valence-corrected chi connectivity index (χ1v) is 9.78. The van der Waals surface area contributed by atoms with Gasteiger partial charge in [-0.3, -0.25) is 5.32 Å². The van der Waals surface area contributed by atoms with Crippen LogP contribution in [0.15, 0.2) is 48.7 Å². The van der Waals surface area contributed by atoms with Crippen LogP contribution in [-0.4, -0.2) is 16.1 Å². The lowest BCUT2D eigenvalue weighted by Gasteiger charge is -2.14. The Morgan fingerprint density at radius 1 is 1.26 bits per heavy atom. The Labute approximate surface area is 162 Å². The number of urea groups is 1. The quantitative estimate of drug-likeness (QED) is 0.622. The van der Waals surface area contributed by atoms with Crippen LogP contribution in [0.5, 0.6) is 5.75 Å². The highest BCUT2D eigenvalue weighted by Gasteiger charge is 2.26. The first-order chi connectivity index (χ1) is 13.1. The molecule has 1 aromatic heterocycles. The number of amides is 2. The minimum Gasteiger partial charge on any atom is -0.508 e. The van der Waals surface area contributed by atoms with Gasteiger partial charge in [0, 0.05) is 17.5 Å². The Morgan fingerprint density at radius 2 is 2.07 bits per heavy atom. The predicted octanol–water partition coefficient (Wildman–Crippen LogP) is 4.56. The molecule has 27 heavy (non-hydrogen) atoms. The van der Waals surface area contributed by atoms with Crippen molar-refractivity contribution < 1.29 is 9.90 Å². The maximum Gasteiger partial charge on any atom is 0.321 e. The van der Waals surface area contributed by atoms with E-state index in [0.717, 1.165) is 35.3 Å². The Hall–Kier alpha value is -2.86. The van der Waals surface area contributed by atoms with Crippen LogP contribution >= 0.6 is 11.3 Å². The van der Waals surface area contributed by atoms with Gasteiger partial charge in [-0.05, 0) is 42.5 Å². The second-order valence-corrected chi connectivity index (χ2v) is 7.94. The number of phenolic OH excluding ortho intramolecular Hbond substituents is 1. The van der Waals surface area contributed by atoms with E-state index in [9.17, 15) is 9.90 Å². The monoisotopic (exact) mass is 379 g/mol. The summed E-state index contributed by atoms with van der Waals surface area (Å²) in [6.45, 7) is 2.07. The number of carbonyl (C=O) groups is 1. The normalized spacial score (nSPS) is 15.4. The van der Waals surface area contributed by atoms with Crippen LogP contribution in [0.1, 0.15) is 39.6 Å². The van der Waals surface area contributed by atoms with Crippen LogP contribution in [0, 0.1) is 6.92 Å². The van der Waals surface area contributed by atoms with Gasteiger partial charge >= 0.3 is 6.03 Å². The van der Waals surface area contributed by atoms with Crippen LogP contribution < -0.4 is 10.6 Å². The van der Waals surface area contributed by atoms with Gasteiger partial charge in [-0.2, -0.15) is 0 Å². The molecule has 1 aliphatic rings. The number of phenols is 1. The third-order valence-electron chi connectivity index (χ3n) is 4.82. The number of thiazole rings is 1. The molecule has 138 valence electrons. The molecule has 2 aromatic carbocycles. The molecule has 1 atom stereocenters. The summed E-state index contributed by atoms with van der Waals surface area (Å²) in [6.07, 6.45) is 4.17. The lowest BCUT2D eigenvalue weighted by molar-refractivity contribution is 0.248. The van der Waals surface area contributed by atoms with Crippen molar-refractivity contribution in [1.29, 1.82) is 0 Å². The number of aromatic nitrogens is 1. The third-order valence-corrected chi connectivity index (χ3v) is 5.74. The molecule has 1 unspecified atom stereocenters. The molecule has 0 aliphatic heterocycles. The standard InChI is InChI=1S/C21H21N3O2S/c1-13-5-7-14(8-6-13)11-15-12-22-21(27-15)24-20(26)23-18-10-9-17-16(18)3-2-4-19(17)25/h2-8,12,18,25H,9-11H2,1H3,(H2,22,23,24,26). The highest BCUT2D eigenvalue weighted by atomic mass is 32.1. The maximum atomic E-state index is 12.4. The van der Waals surface area contributed by atoms with Crippen molar-refractivity contribution in [3.63, 3.8) is 0 Å². The van der Waals surface area contributed by atoms with E-state index < -0.39 is 0 Å². The molecule has 5 nitrogen and oxygen atoms in total. The number of benzene rings is 2. The molecule has 6 heteroatoms. The summed E-state index contributed by atoms with van der Waals surface area (Å²) in [7, 11) is 0. The molecule has 2 amide bonds. The third kappa shape index (κ3) is 3.95. The number of hydrogen-bond donors (Lipinski definition) is 3. The van der Waals surface area contributed by atoms with Crippen LogP contribution in [0.25, 0.3) is 0 Å². The summed E-state index contributed by atoms with van der Waals surface area (Å²) in [4.78, 5) is 17.8. The van der Waals surface area contributed by atoms with Gasteiger partial charge in [0.25, 0.3) is 0 Å². The van der Waals surface area contributed by atoms with Crippen LogP contribution in [0.3, 0.4) is 0 Å². The number of carbonyl (C=O) groups excluding carboxylic acids is 1. The number of nitrogens with one attached hydrogen (secondary N) is 2. The van der Waals surface area contributed by atoms with Crippen LogP contribution in [0.2, 0.25) is 0 Å². The first kappa shape index (κ1) is 17.5. The molecule has 0 fully saturated rings. The van der Waals surface area contributed by atoms with Gasteiger partial charge in [0.2, 0.25) is 0 Å². The minimum atomic E-state index is -0.271. The number of hydrogen-bond acceptors (Lipinski definition) is 4. The molecular formula is C21H21N3O2S. The SMILES string of the molecule is Cc1ccc(Cc2cnc(NC(=O)NC3CCc4c(O)cccc43)s2)cc1. The summed E-state index contributed by atoms with van der Waals surface area (Å²) in [5, 5.41) is 16.3. The van der Waals surface area contributed by atoms with E-state index in [0.29, 0.717) is 10.9 Å². The van der Waals surface area contributed by atoms with E-state index in [4.69, 9.17) is 0 Å². The van der Waals surface area contributed by atoms with Crippen molar-refractivity contribution >= 4 is 22.5 Å². The molecule has 3 N–H and O–H groups in total. The van der Waals surface area contributed by atoms with Crippen molar-refractivity contribution in [2.24, 2.45) is 0 Å². The molecule has 0 bridgehead atoms. The minimum absolute atomic E-state index is 0.0842. The van der Waals surface area contributed by atoms with Gasteiger partial charge in [-0.1, -0.05) is 42.0 Å². The lowest BCUT2D eigenvalue weighted by Crippen LogP contribution is -2.31. The van der Waals surface area contributed by atoms with E-state index in [1.54, 1.807) is 6.07 Å². The molecule has 3 aromatic rings. The number of aromatic hydroxyl groups is 1. The van der Waals surface area contributed by atoms with Gasteiger partial charge < -0.3 is 10.4 Å². The largest absolute Gasteiger partial charge is 0.508 e. The zero-order valence-corrected chi connectivity index (χ0v) is 15.8. The van der Waals surface area contributed by atoms with Crippen LogP contribution in [-0.2, 0) is 12.8 Å². The van der Waals surface area contributed by atoms with E-state index in [-0.39, 0.29) is 12.1 Å². The van der Waals surface area contributed by atoms with Gasteiger partial charge in [-0.15, -0.1) is 11.3 Å². The molecule has 1 aliphatic carbocycles. The number of aryl methyl sites for hydroxylation is 1. The fourth-order valence-corrected chi connectivity index (χ4v) is 4.27. The first-order valence-electron chi connectivity index (χ1n) is 8.97. The smallest absolute Gasteiger partial charge is 0.321 e. The maximum absolute atomic E-state index is 12.4. The predicted molar refractivity (Wildman–Crippen MR) is 107 cm³/mol. The van der Waals surface area contributed by atoms with E-state index >= 15 is 0 Å². The molecule has 0 saturated carbocycles. The molecule has 0 radical (unpaired) electrons. The Kier molecular flexibility index (Phi) is 4.81. The fourth-order valence-electron chi connectivity index (χ4n) is 3.43. The summed E-state index contributed by atoms with van der Waals surface area (Å²) in [6, 6.07) is 13.5.